The second kappa shape index (κ2) is 15.2. The van der Waals surface area contributed by atoms with E-state index < -0.39 is 26.2 Å². The van der Waals surface area contributed by atoms with E-state index in [0.717, 1.165) is 70.5 Å². The van der Waals surface area contributed by atoms with Crippen LogP contribution in [0.1, 0.15) is 33.2 Å². The van der Waals surface area contributed by atoms with Gasteiger partial charge in [0, 0.05) is 22.0 Å². The van der Waals surface area contributed by atoms with Crippen LogP contribution in [0, 0.1) is 0 Å². The third-order valence-electron chi connectivity index (χ3n) is 13.4. The Hall–Kier alpha value is -7.72. The second-order valence-corrected chi connectivity index (χ2v) is 21.9. The van der Waals surface area contributed by atoms with E-state index in [4.69, 9.17) is 8.85 Å². The fourth-order valence-corrected chi connectivity index (χ4v) is 15.1. The van der Waals surface area contributed by atoms with Crippen LogP contribution in [-0.2, 0) is 5.41 Å². The summed E-state index contributed by atoms with van der Waals surface area (Å²) in [6.07, 6.45) is 0. The number of ether oxygens (including phenoxy) is 1. The first kappa shape index (κ1) is 33.8. The van der Waals surface area contributed by atoms with Crippen LogP contribution in [0.2, 0.25) is 0 Å². The Morgan fingerprint density at radius 3 is 1.78 bits per heavy atom. The van der Waals surface area contributed by atoms with Crippen molar-refractivity contribution in [1.82, 2.24) is 4.57 Å². The van der Waals surface area contributed by atoms with Crippen molar-refractivity contribution in [1.29, 1.82) is 0 Å². The molecule has 1 unspecified atom stereocenters. The molecule has 0 amide bonds. The Labute approximate surface area is 388 Å². The first-order valence-electron chi connectivity index (χ1n) is 24.7. The van der Waals surface area contributed by atoms with Crippen LogP contribution in [0.5, 0.6) is 11.5 Å². The van der Waals surface area contributed by atoms with E-state index in [-0.39, 0.29) is 23.1 Å². The molecule has 2 nitrogen and oxygen atoms in total. The normalized spacial score (nSPS) is 15.6. The van der Waals surface area contributed by atoms with Crippen molar-refractivity contribution in [3.8, 4) is 50.6 Å². The van der Waals surface area contributed by atoms with Gasteiger partial charge in [0.05, 0.1) is 17.9 Å². The van der Waals surface area contributed by atoms with Crippen LogP contribution >= 0.6 is 0 Å². The van der Waals surface area contributed by atoms with E-state index in [1.165, 1.54) is 16.3 Å². The molecule has 0 saturated carbocycles. The fraction of sp³-hybridized carbons (Fsp3) is 0.0645. The average Bonchev–Trinajstić information content (AvgIpc) is 3.73. The zero-order valence-corrected chi connectivity index (χ0v) is 37.4. The van der Waals surface area contributed by atoms with Gasteiger partial charge < -0.3 is 9.30 Å². The molecular weight excluding hydrogens is 803 g/mol. The molecule has 0 N–H and O–H groups in total. The fourth-order valence-electron chi connectivity index (χ4n) is 10.2. The Kier molecular flexibility index (Phi) is 7.91. The molecular formula is C62H47NOSi. The summed E-state index contributed by atoms with van der Waals surface area (Å²) in [5, 5.41) is 8.88. The number of benzene rings is 10. The molecule has 11 aromatic rings. The van der Waals surface area contributed by atoms with Gasteiger partial charge >= 0.3 is 0 Å². The molecule has 310 valence electrons. The molecule has 10 aromatic carbocycles. The van der Waals surface area contributed by atoms with Crippen molar-refractivity contribution in [2.24, 2.45) is 0 Å². The molecule has 1 aliphatic heterocycles. The van der Waals surface area contributed by atoms with Gasteiger partial charge in [-0.1, -0.05) is 215 Å². The Morgan fingerprint density at radius 1 is 0.462 bits per heavy atom. The summed E-state index contributed by atoms with van der Waals surface area (Å²) in [6.45, 7) is 6.71. The minimum absolute atomic E-state index is 0.0164. The lowest BCUT2D eigenvalue weighted by atomic mass is 9.85. The third-order valence-corrected chi connectivity index (χ3v) is 18.2. The summed E-state index contributed by atoms with van der Waals surface area (Å²) in [4.78, 5) is 0. The van der Waals surface area contributed by atoms with Crippen LogP contribution in [0.15, 0.2) is 230 Å². The largest absolute Gasteiger partial charge is 0.457 e. The minimum Gasteiger partial charge on any atom is -0.457 e. The summed E-state index contributed by atoms with van der Waals surface area (Å²) in [7, 11) is -3.45. The van der Waals surface area contributed by atoms with Gasteiger partial charge in [0.2, 0.25) is 0 Å². The lowest BCUT2D eigenvalue weighted by molar-refractivity contribution is 0.489. The quantitative estimate of drug-likeness (QED) is 0.152. The SMILES string of the molecule is [2H]c1c([2H])c([2H])c(-c2cccc3c2Oc2cc(-c4ccc5ccccc5c4)ccc2[Si]3(c2ccc(-c3cccc(C(C)(C)C)c3)cc2)c2ccc(-n3c4ccccc4c4ccccc43)cc2)c([2H])c1[2H]. The molecule has 0 fully saturated rings. The van der Waals surface area contributed by atoms with Crippen molar-refractivity contribution >= 4 is 61.4 Å². The smallest absolute Gasteiger partial charge is 0.188 e. The Balaban J connectivity index is 1.15. The van der Waals surface area contributed by atoms with Crippen molar-refractivity contribution in [2.45, 2.75) is 26.2 Å². The highest BCUT2D eigenvalue weighted by molar-refractivity contribution is 7.20. The summed E-state index contributed by atoms with van der Waals surface area (Å²) in [5.74, 6) is 1.15. The van der Waals surface area contributed by atoms with E-state index in [0.29, 0.717) is 17.1 Å². The van der Waals surface area contributed by atoms with Crippen molar-refractivity contribution in [3.05, 3.63) is 236 Å². The molecule has 0 bridgehead atoms. The van der Waals surface area contributed by atoms with Crippen LogP contribution in [-0.4, -0.2) is 12.6 Å². The summed E-state index contributed by atoms with van der Waals surface area (Å²) >= 11 is 0. The zero-order valence-electron chi connectivity index (χ0n) is 41.4. The number of rotatable bonds is 6. The van der Waals surface area contributed by atoms with E-state index in [1.54, 1.807) is 0 Å². The molecule has 1 atom stereocenters. The van der Waals surface area contributed by atoms with Gasteiger partial charge in [-0.05, 0) is 107 Å². The van der Waals surface area contributed by atoms with Crippen molar-refractivity contribution in [3.63, 3.8) is 0 Å². The highest BCUT2D eigenvalue weighted by atomic mass is 28.3. The lowest BCUT2D eigenvalue weighted by Gasteiger charge is -2.40. The van der Waals surface area contributed by atoms with E-state index in [2.05, 4.69) is 213 Å². The van der Waals surface area contributed by atoms with Crippen molar-refractivity contribution < 1.29 is 11.6 Å². The third kappa shape index (κ3) is 6.37. The molecule has 0 saturated heterocycles. The summed E-state index contributed by atoms with van der Waals surface area (Å²) < 4.78 is 54.0. The standard InChI is InChI=1S/C62H47NOSi/c1-62(2,3)49-20-13-19-46(40-49)43-29-34-51(35-30-43)65(52-36-32-50(33-37-52)63-56-24-11-9-21-54(56)55-22-10-12-25-57(55)63)59-38-31-48(47-28-27-42-15-7-8-18-45(42)39-47)41-58(59)64-61-53(23-14-26-60(61)65)44-16-5-4-6-17-44/h4-41H,1-3H3/i4D,5D,6D,16D,17D. The Morgan fingerprint density at radius 2 is 1.06 bits per heavy atom. The predicted molar refractivity (Wildman–Crippen MR) is 277 cm³/mol. The van der Waals surface area contributed by atoms with Gasteiger partial charge in [0.25, 0.3) is 0 Å². The molecule has 3 heteroatoms. The summed E-state index contributed by atoms with van der Waals surface area (Å²) in [5.41, 5.74) is 9.35. The summed E-state index contributed by atoms with van der Waals surface area (Å²) in [6, 6.07) is 69.5. The maximum absolute atomic E-state index is 9.22. The molecule has 2 heterocycles. The van der Waals surface area contributed by atoms with Gasteiger partial charge in [-0.2, -0.15) is 0 Å². The van der Waals surface area contributed by atoms with Gasteiger partial charge in [-0.15, -0.1) is 0 Å². The number of fused-ring (bicyclic) bond motifs is 6. The molecule has 0 spiro atoms. The maximum Gasteiger partial charge on any atom is 0.188 e. The van der Waals surface area contributed by atoms with Gasteiger partial charge in [-0.3, -0.25) is 0 Å². The van der Waals surface area contributed by atoms with Crippen LogP contribution in [0.25, 0.3) is 71.6 Å². The lowest BCUT2D eigenvalue weighted by Crippen LogP contribution is -2.76. The van der Waals surface area contributed by atoms with Crippen molar-refractivity contribution in [2.75, 3.05) is 0 Å². The van der Waals surface area contributed by atoms with Crippen LogP contribution in [0.3, 0.4) is 0 Å². The second-order valence-electron chi connectivity index (χ2n) is 18.1. The topological polar surface area (TPSA) is 14.2 Å². The first-order chi connectivity index (χ1) is 33.9. The molecule has 0 radical (unpaired) electrons. The zero-order chi connectivity index (χ0) is 48.1. The number of nitrogens with zero attached hydrogens (tertiary/aromatic N) is 1. The average molecular weight is 855 g/mol. The monoisotopic (exact) mass is 854 g/mol. The molecule has 65 heavy (non-hydrogen) atoms. The van der Waals surface area contributed by atoms with E-state index >= 15 is 0 Å². The Bertz CT molecular complexity index is 3830. The highest BCUT2D eigenvalue weighted by Crippen LogP contribution is 2.40. The van der Waals surface area contributed by atoms with Gasteiger partial charge in [0.15, 0.2) is 8.07 Å². The van der Waals surface area contributed by atoms with Crippen LogP contribution in [0.4, 0.5) is 0 Å². The number of hydrogen-bond donors (Lipinski definition) is 0. The van der Waals surface area contributed by atoms with E-state index in [9.17, 15) is 2.74 Å². The molecule has 12 rings (SSSR count). The molecule has 1 aromatic heterocycles. The number of hydrogen-bond acceptors (Lipinski definition) is 1. The van der Waals surface area contributed by atoms with Gasteiger partial charge in [-0.25, -0.2) is 0 Å². The van der Waals surface area contributed by atoms with Gasteiger partial charge in [0.1, 0.15) is 11.5 Å². The van der Waals surface area contributed by atoms with Crippen LogP contribution < -0.4 is 25.5 Å². The number of para-hydroxylation sites is 3. The molecule has 1 aliphatic rings. The highest BCUT2D eigenvalue weighted by Gasteiger charge is 2.49. The van der Waals surface area contributed by atoms with E-state index in [1.807, 2.05) is 12.1 Å². The maximum atomic E-state index is 9.22. The predicted octanol–water partition coefficient (Wildman–Crippen LogP) is 13.7. The number of aromatic nitrogens is 1. The minimum atomic E-state index is -3.45. The molecule has 0 aliphatic carbocycles. The first-order valence-corrected chi connectivity index (χ1v) is 24.2.